The Hall–Kier alpha value is -2.85. The van der Waals surface area contributed by atoms with Gasteiger partial charge in [-0.3, -0.25) is 20.4 Å². The van der Waals surface area contributed by atoms with Gasteiger partial charge in [0.15, 0.2) is 0 Å². The topological polar surface area (TPSA) is 93.8 Å². The van der Waals surface area contributed by atoms with Gasteiger partial charge in [-0.2, -0.15) is 0 Å². The largest absolute Gasteiger partial charge is 0.494 e. The molecule has 0 spiro atoms. The van der Waals surface area contributed by atoms with Crippen LogP contribution in [-0.4, -0.2) is 47.1 Å². The van der Waals surface area contributed by atoms with Crippen molar-refractivity contribution in [3.8, 4) is 0 Å². The molecule has 0 fully saturated rings. The minimum absolute atomic E-state index is 0.0303. The lowest BCUT2D eigenvalue weighted by atomic mass is 9.99. The highest BCUT2D eigenvalue weighted by Crippen LogP contribution is 2.29. The molecular weight excluding hydrogens is 532 g/mol. The van der Waals surface area contributed by atoms with E-state index in [1.54, 1.807) is 11.5 Å². The number of halogens is 1. The molecule has 39 heavy (non-hydrogen) atoms. The highest BCUT2D eigenvalue weighted by atomic mass is 35.5. The normalized spacial score (nSPS) is 28.0. The van der Waals surface area contributed by atoms with Gasteiger partial charge in [0, 0.05) is 29.5 Å². The number of hydrogen-bond acceptors (Lipinski definition) is 7. The zero-order chi connectivity index (χ0) is 26.6. The lowest BCUT2D eigenvalue weighted by molar-refractivity contribution is 0.185. The Morgan fingerprint density at radius 3 is 3.05 bits per heavy atom. The molecule has 5 aliphatic rings. The number of aromatic nitrogens is 1. The van der Waals surface area contributed by atoms with Crippen molar-refractivity contribution in [3.05, 3.63) is 85.9 Å². The fraction of sp³-hybridized carbons (Fsp3) is 0.448. The van der Waals surface area contributed by atoms with Gasteiger partial charge in [0.25, 0.3) is 5.56 Å². The highest BCUT2D eigenvalue weighted by molar-refractivity contribution is 7.07. The molecule has 0 amide bonds. The van der Waals surface area contributed by atoms with Gasteiger partial charge in [0.2, 0.25) is 0 Å². The van der Waals surface area contributed by atoms with Crippen LogP contribution >= 0.6 is 23.1 Å². The molecule has 10 heteroatoms. The Balaban J connectivity index is 1.07. The standard InChI is InChI=1S/C29H34ClN6O2S/c30-24-15-20(11-12-25(24)38-17-21-6-3-4-13-31-21)35-28-16-27(32-18-33-28)34-19-7-5-8-22(14-19)36-29(37)23-9-1-2-10-26(23)39-36/h1,3-4,9,11-14,16,19,21,24,27,32,34-35H,2,5-8,10,15,17-18H2/q-1. The summed E-state index contributed by atoms with van der Waals surface area (Å²) in [7, 11) is 0. The van der Waals surface area contributed by atoms with Crippen LogP contribution in [0, 0.1) is 0 Å². The van der Waals surface area contributed by atoms with Crippen molar-refractivity contribution in [2.45, 2.75) is 68.6 Å². The first-order valence-electron chi connectivity index (χ1n) is 13.8. The maximum atomic E-state index is 13.0. The molecule has 1 aromatic rings. The predicted molar refractivity (Wildman–Crippen MR) is 160 cm³/mol. The number of dihydropyridines is 1. The molecule has 6 rings (SSSR count). The number of nitrogens with zero attached hydrogens (tertiary/aromatic N) is 3. The molecule has 4 unspecified atom stereocenters. The molecule has 1 aromatic heterocycles. The van der Waals surface area contributed by atoms with E-state index in [2.05, 4.69) is 50.6 Å². The van der Waals surface area contributed by atoms with Crippen LogP contribution in [0.5, 0.6) is 0 Å². The smallest absolute Gasteiger partial charge is 0.272 e. The fourth-order valence-corrected chi connectivity index (χ4v) is 6.81. The monoisotopic (exact) mass is 565 g/mol. The first kappa shape index (κ1) is 26.4. The Kier molecular flexibility index (Phi) is 8.20. The zero-order valence-corrected chi connectivity index (χ0v) is 23.4. The van der Waals surface area contributed by atoms with Gasteiger partial charge < -0.3 is 15.4 Å². The van der Waals surface area contributed by atoms with Crippen LogP contribution in [0.25, 0.3) is 17.1 Å². The third-order valence-corrected chi connectivity index (χ3v) is 9.03. The number of aryl methyl sites for hydroxylation is 1. The molecule has 0 saturated carbocycles. The Bertz CT molecular complexity index is 1350. The minimum Gasteiger partial charge on any atom is -0.494 e. The van der Waals surface area contributed by atoms with E-state index in [0.29, 0.717) is 19.7 Å². The number of nitrogens with one attached hydrogen (secondary N) is 3. The fourth-order valence-electron chi connectivity index (χ4n) is 5.38. The molecule has 0 bridgehead atoms. The average molecular weight is 566 g/mol. The number of alkyl halides is 1. The third kappa shape index (κ3) is 6.32. The molecule has 3 aliphatic carbocycles. The predicted octanol–water partition coefficient (Wildman–Crippen LogP) is 4.74. The van der Waals surface area contributed by atoms with E-state index in [4.69, 9.17) is 16.3 Å². The summed E-state index contributed by atoms with van der Waals surface area (Å²) in [5, 5.41) is 14.9. The second-order valence-electron chi connectivity index (χ2n) is 10.3. The molecule has 2 aliphatic heterocycles. The Labute approximate surface area is 238 Å². The SMILES string of the molecule is O=c1c2c(sn1C1=CC(NC3C=C(NC4=CC=C(OCC5CC=CC=N5)C(Cl)C4)[N-]CN3)CCC1)CCC=C2. The molecule has 3 heterocycles. The number of ether oxygens (including phenoxy) is 1. The van der Waals surface area contributed by atoms with E-state index in [9.17, 15) is 4.79 Å². The summed E-state index contributed by atoms with van der Waals surface area (Å²) < 4.78 is 7.87. The quantitative estimate of drug-likeness (QED) is 0.396. The first-order chi connectivity index (χ1) is 19.1. The van der Waals surface area contributed by atoms with Crippen molar-refractivity contribution in [3.63, 3.8) is 0 Å². The van der Waals surface area contributed by atoms with Crippen molar-refractivity contribution in [1.82, 2.24) is 19.9 Å². The molecule has 0 aromatic carbocycles. The number of allylic oxidation sites excluding steroid dienone is 7. The van der Waals surface area contributed by atoms with Gasteiger partial charge in [0.1, 0.15) is 12.4 Å². The van der Waals surface area contributed by atoms with E-state index in [1.165, 1.54) is 4.88 Å². The van der Waals surface area contributed by atoms with Crippen LogP contribution in [-0.2, 0) is 11.2 Å². The van der Waals surface area contributed by atoms with Crippen LogP contribution < -0.4 is 21.5 Å². The summed E-state index contributed by atoms with van der Waals surface area (Å²) in [5.41, 5.74) is 3.11. The van der Waals surface area contributed by atoms with Gasteiger partial charge in [-0.15, -0.1) is 11.6 Å². The van der Waals surface area contributed by atoms with Crippen molar-refractivity contribution in [2.75, 3.05) is 13.3 Å². The van der Waals surface area contributed by atoms with Crippen molar-refractivity contribution in [1.29, 1.82) is 0 Å². The van der Waals surface area contributed by atoms with Crippen LogP contribution in [0.15, 0.2) is 69.6 Å². The van der Waals surface area contributed by atoms with Crippen LogP contribution in [0.3, 0.4) is 0 Å². The zero-order valence-electron chi connectivity index (χ0n) is 21.8. The molecule has 206 valence electrons. The minimum atomic E-state index is -0.232. The maximum absolute atomic E-state index is 13.0. The van der Waals surface area contributed by atoms with Gasteiger partial charge >= 0.3 is 0 Å². The third-order valence-electron chi connectivity index (χ3n) is 7.44. The molecule has 0 radical (unpaired) electrons. The number of fused-ring (bicyclic) bond motifs is 1. The summed E-state index contributed by atoms with van der Waals surface area (Å²) in [5.74, 6) is 1.60. The van der Waals surface area contributed by atoms with E-state index in [1.807, 2.05) is 34.5 Å². The van der Waals surface area contributed by atoms with Gasteiger partial charge in [-0.25, -0.2) is 3.96 Å². The summed E-state index contributed by atoms with van der Waals surface area (Å²) in [6.45, 7) is 1.05. The lowest BCUT2D eigenvalue weighted by Gasteiger charge is -2.36. The van der Waals surface area contributed by atoms with Crippen LogP contribution in [0.1, 0.15) is 49.0 Å². The summed E-state index contributed by atoms with van der Waals surface area (Å²) in [4.78, 5) is 18.6. The average Bonchev–Trinajstić information content (AvgIpc) is 3.30. The van der Waals surface area contributed by atoms with Crippen LogP contribution in [0.2, 0.25) is 0 Å². The molecule has 8 nitrogen and oxygen atoms in total. The summed E-state index contributed by atoms with van der Waals surface area (Å²) in [6.07, 6.45) is 24.7. The van der Waals surface area contributed by atoms with Gasteiger partial charge in [0.05, 0.1) is 23.1 Å². The van der Waals surface area contributed by atoms with Crippen LogP contribution in [0.4, 0.5) is 0 Å². The molecular formula is C29H34ClN6O2S-. The van der Waals surface area contributed by atoms with E-state index in [0.717, 1.165) is 67.1 Å². The lowest BCUT2D eigenvalue weighted by Crippen LogP contribution is -2.49. The number of rotatable bonds is 8. The van der Waals surface area contributed by atoms with E-state index < -0.39 is 0 Å². The molecule has 4 atom stereocenters. The van der Waals surface area contributed by atoms with Gasteiger partial charge in [-0.1, -0.05) is 53.4 Å². The Morgan fingerprint density at radius 1 is 1.26 bits per heavy atom. The molecule has 0 saturated heterocycles. The van der Waals surface area contributed by atoms with E-state index >= 15 is 0 Å². The maximum Gasteiger partial charge on any atom is 0.272 e. The first-order valence-corrected chi connectivity index (χ1v) is 15.0. The van der Waals surface area contributed by atoms with Crippen molar-refractivity contribution in [2.24, 2.45) is 4.99 Å². The van der Waals surface area contributed by atoms with Gasteiger partial charge in [-0.05, 0) is 63.2 Å². The second kappa shape index (κ2) is 12.1. The second-order valence-corrected chi connectivity index (χ2v) is 11.9. The number of aliphatic imine (C=N–C) groups is 1. The van der Waals surface area contributed by atoms with Crippen molar-refractivity contribution < 1.29 is 4.74 Å². The highest BCUT2D eigenvalue weighted by Gasteiger charge is 2.23. The van der Waals surface area contributed by atoms with Crippen molar-refractivity contribution >= 4 is 41.1 Å². The summed E-state index contributed by atoms with van der Waals surface area (Å²) >= 11 is 8.26. The number of hydrogen-bond donors (Lipinski definition) is 3. The molecule has 3 N–H and O–H groups in total. The summed E-state index contributed by atoms with van der Waals surface area (Å²) in [6, 6.07) is 0.325. The Morgan fingerprint density at radius 2 is 2.21 bits per heavy atom. The van der Waals surface area contributed by atoms with E-state index in [-0.39, 0.29) is 29.2 Å².